The summed E-state index contributed by atoms with van der Waals surface area (Å²) in [5.41, 5.74) is 0.538. The van der Waals surface area contributed by atoms with Crippen LogP contribution in [0.1, 0.15) is 16.8 Å². The van der Waals surface area contributed by atoms with Crippen molar-refractivity contribution in [2.45, 2.75) is 6.42 Å². The van der Waals surface area contributed by atoms with Crippen LogP contribution in [0.25, 0.3) is 0 Å². The summed E-state index contributed by atoms with van der Waals surface area (Å²) in [5.74, 6) is -0.00193. The summed E-state index contributed by atoms with van der Waals surface area (Å²) in [4.78, 5) is 13.5. The summed E-state index contributed by atoms with van der Waals surface area (Å²) in [5, 5.41) is 0.976. The minimum absolute atomic E-state index is 0.00193. The van der Waals surface area contributed by atoms with Crippen LogP contribution >= 0.6 is 23.2 Å². The van der Waals surface area contributed by atoms with Gasteiger partial charge in [0, 0.05) is 18.1 Å². The highest BCUT2D eigenvalue weighted by Crippen LogP contribution is 2.23. The molecule has 0 spiro atoms. The smallest absolute Gasteiger partial charge is 0.255 e. The molecule has 1 aliphatic rings. The van der Waals surface area contributed by atoms with Gasteiger partial charge in [0.05, 0.1) is 10.6 Å². The Hall–Kier alpha value is -0.730. The molecule has 1 saturated heterocycles. The molecule has 2 rings (SSSR count). The van der Waals surface area contributed by atoms with Gasteiger partial charge in [-0.25, -0.2) is 0 Å². The van der Waals surface area contributed by atoms with Crippen LogP contribution in [-0.4, -0.2) is 23.9 Å². The molecule has 1 amide bonds. The normalized spacial score (nSPS) is 15.1. The molecule has 14 heavy (non-hydrogen) atoms. The Balaban J connectivity index is 2.26. The summed E-state index contributed by atoms with van der Waals surface area (Å²) in [6.07, 6.45) is 1.08. The lowest BCUT2D eigenvalue weighted by Crippen LogP contribution is -2.42. The molecule has 1 aromatic carbocycles. The molecule has 1 fully saturated rings. The number of amides is 1. The van der Waals surface area contributed by atoms with Gasteiger partial charge < -0.3 is 4.90 Å². The topological polar surface area (TPSA) is 20.3 Å². The number of halogens is 2. The summed E-state index contributed by atoms with van der Waals surface area (Å²) < 4.78 is 0. The van der Waals surface area contributed by atoms with Crippen LogP contribution in [0.15, 0.2) is 18.2 Å². The van der Waals surface area contributed by atoms with Crippen LogP contribution in [0.2, 0.25) is 10.0 Å². The number of nitrogens with zero attached hydrogens (tertiary/aromatic N) is 1. The molecule has 0 unspecified atom stereocenters. The zero-order valence-corrected chi connectivity index (χ0v) is 8.98. The molecule has 0 aromatic heterocycles. The largest absolute Gasteiger partial charge is 0.338 e. The summed E-state index contributed by atoms with van der Waals surface area (Å²) >= 11 is 11.7. The molecule has 74 valence electrons. The maximum atomic E-state index is 11.8. The molecule has 0 N–H and O–H groups in total. The number of likely N-dealkylation sites (tertiary alicyclic amines) is 1. The van der Waals surface area contributed by atoms with E-state index in [4.69, 9.17) is 23.2 Å². The summed E-state index contributed by atoms with van der Waals surface area (Å²) in [6.45, 7) is 1.66. The number of rotatable bonds is 1. The van der Waals surface area contributed by atoms with Crippen LogP contribution in [0.5, 0.6) is 0 Å². The molecular formula is C10H9Cl2NO. The molecule has 0 aliphatic carbocycles. The molecule has 2 nitrogen and oxygen atoms in total. The molecule has 0 bridgehead atoms. The molecule has 0 saturated carbocycles. The van der Waals surface area contributed by atoms with Gasteiger partial charge in [-0.15, -0.1) is 0 Å². The van der Waals surface area contributed by atoms with E-state index in [0.717, 1.165) is 19.5 Å². The van der Waals surface area contributed by atoms with E-state index in [-0.39, 0.29) is 5.91 Å². The Kier molecular flexibility index (Phi) is 2.66. The van der Waals surface area contributed by atoms with Crippen molar-refractivity contribution in [1.29, 1.82) is 0 Å². The van der Waals surface area contributed by atoms with Crippen molar-refractivity contribution in [2.24, 2.45) is 0 Å². The third-order valence-electron chi connectivity index (χ3n) is 2.30. The van der Waals surface area contributed by atoms with Crippen LogP contribution < -0.4 is 0 Å². The first-order valence-electron chi connectivity index (χ1n) is 4.43. The van der Waals surface area contributed by atoms with E-state index in [0.29, 0.717) is 15.6 Å². The highest BCUT2D eigenvalue weighted by Gasteiger charge is 2.23. The van der Waals surface area contributed by atoms with Gasteiger partial charge in [-0.2, -0.15) is 0 Å². The van der Waals surface area contributed by atoms with Crippen molar-refractivity contribution >= 4 is 29.1 Å². The van der Waals surface area contributed by atoms with Gasteiger partial charge in [0.15, 0.2) is 0 Å². The molecule has 0 radical (unpaired) electrons. The van der Waals surface area contributed by atoms with E-state index in [1.807, 2.05) is 0 Å². The lowest BCUT2D eigenvalue weighted by Gasteiger charge is -2.31. The molecule has 0 atom stereocenters. The molecule has 1 aliphatic heterocycles. The first kappa shape index (κ1) is 9.81. The number of carbonyl (C=O) groups is 1. The number of hydrogen-bond donors (Lipinski definition) is 0. The van der Waals surface area contributed by atoms with Gasteiger partial charge in [-0.3, -0.25) is 4.79 Å². The zero-order valence-electron chi connectivity index (χ0n) is 7.46. The molecule has 1 aromatic rings. The third kappa shape index (κ3) is 1.72. The van der Waals surface area contributed by atoms with Crippen molar-refractivity contribution in [2.75, 3.05) is 13.1 Å². The monoisotopic (exact) mass is 229 g/mol. The third-order valence-corrected chi connectivity index (χ3v) is 2.85. The van der Waals surface area contributed by atoms with E-state index in [1.165, 1.54) is 0 Å². The van der Waals surface area contributed by atoms with Crippen molar-refractivity contribution < 1.29 is 4.79 Å². The SMILES string of the molecule is O=C(c1ccc(Cl)cc1Cl)N1CCC1. The maximum absolute atomic E-state index is 11.8. The van der Waals surface area contributed by atoms with Crippen LogP contribution in [0.3, 0.4) is 0 Å². The highest BCUT2D eigenvalue weighted by molar-refractivity contribution is 6.36. The Morgan fingerprint density at radius 3 is 2.50 bits per heavy atom. The zero-order chi connectivity index (χ0) is 10.1. The fourth-order valence-corrected chi connectivity index (χ4v) is 1.84. The predicted molar refractivity (Wildman–Crippen MR) is 57.0 cm³/mol. The Morgan fingerprint density at radius 2 is 2.00 bits per heavy atom. The van der Waals surface area contributed by atoms with Gasteiger partial charge in [0.25, 0.3) is 5.91 Å². The van der Waals surface area contributed by atoms with E-state index < -0.39 is 0 Å². The first-order chi connectivity index (χ1) is 6.68. The van der Waals surface area contributed by atoms with E-state index in [9.17, 15) is 4.79 Å². The minimum Gasteiger partial charge on any atom is -0.338 e. The van der Waals surface area contributed by atoms with Crippen molar-refractivity contribution in [3.8, 4) is 0 Å². The van der Waals surface area contributed by atoms with Gasteiger partial charge in [-0.05, 0) is 24.6 Å². The lowest BCUT2D eigenvalue weighted by molar-refractivity contribution is 0.0652. The number of carbonyl (C=O) groups excluding carboxylic acids is 1. The minimum atomic E-state index is -0.00193. The van der Waals surface area contributed by atoms with Gasteiger partial charge in [0.2, 0.25) is 0 Å². The first-order valence-corrected chi connectivity index (χ1v) is 5.18. The van der Waals surface area contributed by atoms with Gasteiger partial charge >= 0.3 is 0 Å². The fraction of sp³-hybridized carbons (Fsp3) is 0.300. The molecule has 4 heteroatoms. The molecular weight excluding hydrogens is 221 g/mol. The summed E-state index contributed by atoms with van der Waals surface area (Å²) in [7, 11) is 0. The van der Waals surface area contributed by atoms with Crippen LogP contribution in [0.4, 0.5) is 0 Å². The second kappa shape index (κ2) is 3.79. The van der Waals surface area contributed by atoms with E-state index >= 15 is 0 Å². The predicted octanol–water partition coefficient (Wildman–Crippen LogP) is 2.84. The second-order valence-electron chi connectivity index (χ2n) is 3.27. The van der Waals surface area contributed by atoms with Crippen molar-refractivity contribution in [3.63, 3.8) is 0 Å². The van der Waals surface area contributed by atoms with Crippen molar-refractivity contribution in [1.82, 2.24) is 4.90 Å². The molecule has 1 heterocycles. The number of benzene rings is 1. The standard InChI is InChI=1S/C10H9Cl2NO/c11-7-2-3-8(9(12)6-7)10(14)13-4-1-5-13/h2-3,6H,1,4-5H2. The van der Waals surface area contributed by atoms with Crippen LogP contribution in [0, 0.1) is 0 Å². The lowest BCUT2D eigenvalue weighted by atomic mass is 10.1. The quantitative estimate of drug-likeness (QED) is 0.726. The van der Waals surface area contributed by atoms with E-state index in [2.05, 4.69) is 0 Å². The van der Waals surface area contributed by atoms with Crippen molar-refractivity contribution in [3.05, 3.63) is 33.8 Å². The maximum Gasteiger partial charge on any atom is 0.255 e. The Morgan fingerprint density at radius 1 is 1.29 bits per heavy atom. The fourth-order valence-electron chi connectivity index (χ4n) is 1.35. The van der Waals surface area contributed by atoms with Crippen LogP contribution in [-0.2, 0) is 0 Å². The number of hydrogen-bond acceptors (Lipinski definition) is 1. The Labute approximate surface area is 92.4 Å². The summed E-state index contributed by atoms with van der Waals surface area (Å²) in [6, 6.07) is 4.95. The average Bonchev–Trinajstić information content (AvgIpc) is 2.00. The second-order valence-corrected chi connectivity index (χ2v) is 4.11. The average molecular weight is 230 g/mol. The highest BCUT2D eigenvalue weighted by atomic mass is 35.5. The van der Waals surface area contributed by atoms with Gasteiger partial charge in [-0.1, -0.05) is 23.2 Å². The van der Waals surface area contributed by atoms with Gasteiger partial charge in [0.1, 0.15) is 0 Å². The van der Waals surface area contributed by atoms with E-state index in [1.54, 1.807) is 23.1 Å². The Bertz CT molecular complexity index is 374.